The second-order valence-electron chi connectivity index (χ2n) is 7.82. The maximum absolute atomic E-state index is 13.6. The van der Waals surface area contributed by atoms with Gasteiger partial charge < -0.3 is 24.7 Å². The van der Waals surface area contributed by atoms with Crippen LogP contribution in [0.2, 0.25) is 0 Å². The molecule has 9 heteroatoms. The van der Waals surface area contributed by atoms with Crippen molar-refractivity contribution in [2.24, 2.45) is 0 Å². The normalized spacial score (nSPS) is 13.2. The van der Waals surface area contributed by atoms with Crippen LogP contribution >= 0.6 is 0 Å². The molecule has 0 fully saturated rings. The van der Waals surface area contributed by atoms with Crippen LogP contribution in [0.25, 0.3) is 28.7 Å². The summed E-state index contributed by atoms with van der Waals surface area (Å²) in [7, 11) is 0. The average Bonchev–Trinajstić information content (AvgIpc) is 3.12. The Kier molecular flexibility index (Phi) is 9.94. The molecule has 0 bridgehead atoms. The van der Waals surface area contributed by atoms with Gasteiger partial charge in [0.15, 0.2) is 0 Å². The van der Waals surface area contributed by atoms with Crippen LogP contribution in [0.1, 0.15) is 38.4 Å². The van der Waals surface area contributed by atoms with Gasteiger partial charge in [0.05, 0.1) is 23.6 Å². The van der Waals surface area contributed by atoms with E-state index in [2.05, 4.69) is 4.98 Å². The van der Waals surface area contributed by atoms with Crippen molar-refractivity contribution in [2.45, 2.75) is 44.8 Å². The number of hydrogen-bond donors (Lipinski definition) is 2. The fourth-order valence-corrected chi connectivity index (χ4v) is 3.41. The minimum Gasteiger partial charge on any atom is -0.550 e. The van der Waals surface area contributed by atoms with Gasteiger partial charge >= 0.3 is 29.6 Å². The van der Waals surface area contributed by atoms with E-state index in [1.54, 1.807) is 36.8 Å². The molecule has 1 aromatic carbocycles. The molecule has 0 saturated carbocycles. The van der Waals surface area contributed by atoms with Gasteiger partial charge in [-0.25, -0.2) is 9.37 Å². The zero-order valence-corrected chi connectivity index (χ0v) is 20.9. The number of carboxylic acid groups (broad SMARTS) is 1. The van der Waals surface area contributed by atoms with E-state index in [4.69, 9.17) is 4.98 Å². The molecule has 2 atom stereocenters. The molecule has 0 spiro atoms. The van der Waals surface area contributed by atoms with Gasteiger partial charge in [-0.2, -0.15) is 0 Å². The third kappa shape index (κ3) is 7.06. The predicted molar refractivity (Wildman–Crippen MR) is 117 cm³/mol. The number of carboxylic acids is 1. The minimum absolute atomic E-state index is 0. The zero-order valence-electron chi connectivity index (χ0n) is 18.9. The SMILES string of the molecule is CC(C)c1nc(-c2cccnc2)c(-c2ccc(F)cc2)n1/C=C/[C@@H](O)C[C@@H](O)CC(=O)[O-].[Na+]. The molecule has 2 aromatic heterocycles. The maximum atomic E-state index is 13.6. The van der Waals surface area contributed by atoms with Gasteiger partial charge in [0.25, 0.3) is 0 Å². The Balaban J connectivity index is 0.00000385. The van der Waals surface area contributed by atoms with Crippen LogP contribution < -0.4 is 34.7 Å². The molecule has 0 aliphatic rings. The smallest absolute Gasteiger partial charge is 0.550 e. The van der Waals surface area contributed by atoms with E-state index in [0.29, 0.717) is 17.2 Å². The Bertz CT molecular complexity index is 1090. The fourth-order valence-electron chi connectivity index (χ4n) is 3.41. The molecule has 0 unspecified atom stereocenters. The summed E-state index contributed by atoms with van der Waals surface area (Å²) in [4.78, 5) is 19.6. The number of nitrogens with zero attached hydrogens (tertiary/aromatic N) is 3. The third-order valence-corrected chi connectivity index (χ3v) is 4.88. The Hall–Kier alpha value is -2.36. The number of aliphatic carboxylic acids is 1. The summed E-state index contributed by atoms with van der Waals surface area (Å²) in [6, 6.07) is 9.72. The Morgan fingerprint density at radius 2 is 1.88 bits per heavy atom. The van der Waals surface area contributed by atoms with Crippen LogP contribution in [0.15, 0.2) is 54.9 Å². The van der Waals surface area contributed by atoms with E-state index in [0.717, 1.165) is 11.1 Å². The maximum Gasteiger partial charge on any atom is 1.00 e. The summed E-state index contributed by atoms with van der Waals surface area (Å²) in [5.41, 5.74) is 2.86. The molecule has 168 valence electrons. The number of aromatic nitrogens is 3. The summed E-state index contributed by atoms with van der Waals surface area (Å²) in [6.45, 7) is 3.96. The molecule has 7 nitrogen and oxygen atoms in total. The van der Waals surface area contributed by atoms with Crippen molar-refractivity contribution in [3.63, 3.8) is 0 Å². The van der Waals surface area contributed by atoms with Crippen LogP contribution in [0.3, 0.4) is 0 Å². The number of benzene rings is 1. The molecule has 3 rings (SSSR count). The van der Waals surface area contributed by atoms with Crippen molar-refractivity contribution in [1.29, 1.82) is 0 Å². The molecular weight excluding hydrogens is 436 g/mol. The quantitative estimate of drug-likeness (QED) is 0.420. The summed E-state index contributed by atoms with van der Waals surface area (Å²) in [5, 5.41) is 30.7. The van der Waals surface area contributed by atoms with Crippen LogP contribution in [0.4, 0.5) is 4.39 Å². The van der Waals surface area contributed by atoms with Gasteiger partial charge in [-0.3, -0.25) is 4.98 Å². The van der Waals surface area contributed by atoms with Gasteiger partial charge in [0.2, 0.25) is 0 Å². The summed E-state index contributed by atoms with van der Waals surface area (Å²) in [5.74, 6) is -1.02. The Morgan fingerprint density at radius 1 is 1.18 bits per heavy atom. The first-order chi connectivity index (χ1) is 15.3. The zero-order chi connectivity index (χ0) is 23.3. The number of carbonyl (C=O) groups excluding carboxylic acids is 1. The van der Waals surface area contributed by atoms with Crippen molar-refractivity contribution >= 4 is 12.2 Å². The third-order valence-electron chi connectivity index (χ3n) is 4.88. The number of aliphatic hydroxyl groups excluding tert-OH is 2. The second kappa shape index (κ2) is 12.2. The Morgan fingerprint density at radius 3 is 2.45 bits per heavy atom. The number of rotatable bonds is 9. The van der Waals surface area contributed by atoms with Crippen molar-refractivity contribution < 1.29 is 54.1 Å². The molecule has 0 amide bonds. The predicted octanol–water partition coefficient (Wildman–Crippen LogP) is -0.399. The van der Waals surface area contributed by atoms with Gasteiger partial charge in [0.1, 0.15) is 11.6 Å². The van der Waals surface area contributed by atoms with Crippen LogP contribution in [0.5, 0.6) is 0 Å². The molecule has 0 aliphatic heterocycles. The summed E-state index contributed by atoms with van der Waals surface area (Å²) < 4.78 is 15.4. The number of aliphatic hydroxyl groups is 2. The van der Waals surface area contributed by atoms with Gasteiger partial charge in [-0.05, 0) is 42.5 Å². The topological polar surface area (TPSA) is 111 Å². The minimum atomic E-state index is -1.38. The largest absolute Gasteiger partial charge is 1.00 e. The standard InChI is InChI=1S/C24H26FN3O4.Na/c1-15(2)24-27-22(17-4-3-10-26-14-17)23(16-5-7-18(25)8-6-16)28(24)11-9-19(29)12-20(30)13-21(31)32;/h3-11,14-15,19-20,29-30H,12-13H2,1-2H3,(H,31,32);/q;+1/p-1/b11-9+;/t19-,20-;/m1./s1. The van der Waals surface area contributed by atoms with Gasteiger partial charge in [0, 0.05) is 54.4 Å². The van der Waals surface area contributed by atoms with Crippen molar-refractivity contribution in [2.75, 3.05) is 0 Å². The second-order valence-corrected chi connectivity index (χ2v) is 7.82. The molecule has 0 radical (unpaired) electrons. The first-order valence-corrected chi connectivity index (χ1v) is 10.3. The first kappa shape index (κ1) is 26.9. The number of pyridine rings is 1. The van der Waals surface area contributed by atoms with E-state index in [-0.39, 0.29) is 47.7 Å². The summed E-state index contributed by atoms with van der Waals surface area (Å²) >= 11 is 0. The van der Waals surface area contributed by atoms with E-state index in [1.807, 2.05) is 24.5 Å². The first-order valence-electron chi connectivity index (χ1n) is 10.3. The molecule has 0 aliphatic carbocycles. The van der Waals surface area contributed by atoms with Gasteiger partial charge in [-0.1, -0.05) is 13.8 Å². The van der Waals surface area contributed by atoms with E-state index in [1.165, 1.54) is 18.2 Å². The van der Waals surface area contributed by atoms with Crippen molar-refractivity contribution in [1.82, 2.24) is 14.5 Å². The molecule has 0 saturated heterocycles. The van der Waals surface area contributed by atoms with E-state index in [9.17, 15) is 24.5 Å². The van der Waals surface area contributed by atoms with Crippen LogP contribution in [0, 0.1) is 5.82 Å². The van der Waals surface area contributed by atoms with Crippen molar-refractivity contribution in [3.8, 4) is 22.5 Å². The molecule has 2 heterocycles. The molecule has 33 heavy (non-hydrogen) atoms. The average molecular weight is 461 g/mol. The fraction of sp³-hybridized carbons (Fsp3) is 0.292. The Labute approximate surface area is 213 Å². The van der Waals surface area contributed by atoms with Gasteiger partial charge in [-0.15, -0.1) is 0 Å². The molecular formula is C24H25FN3NaO4. The van der Waals surface area contributed by atoms with E-state index < -0.39 is 24.6 Å². The van der Waals surface area contributed by atoms with Crippen LogP contribution in [-0.4, -0.2) is 42.9 Å². The number of imidazole rings is 1. The number of carbonyl (C=O) groups is 1. The molecule has 3 aromatic rings. The molecule has 2 N–H and O–H groups in total. The van der Waals surface area contributed by atoms with Crippen LogP contribution in [-0.2, 0) is 4.79 Å². The summed E-state index contributed by atoms with van der Waals surface area (Å²) in [6.07, 6.45) is 3.43. The number of hydrogen-bond acceptors (Lipinski definition) is 6. The van der Waals surface area contributed by atoms with Crippen molar-refractivity contribution in [3.05, 3.63) is 66.5 Å². The number of halogens is 1. The monoisotopic (exact) mass is 461 g/mol. The van der Waals surface area contributed by atoms with E-state index >= 15 is 0 Å².